The molecule has 0 aromatic heterocycles. The summed E-state index contributed by atoms with van der Waals surface area (Å²) in [4.78, 5) is 37.7. The third kappa shape index (κ3) is 2.23. The first-order chi connectivity index (χ1) is 15.0. The molecule has 2 spiro atoms. The lowest BCUT2D eigenvalue weighted by molar-refractivity contribution is -0.138. The molecule has 4 heterocycles. The molecule has 2 aromatic carbocycles. The lowest BCUT2D eigenvalue weighted by atomic mass is 9.72. The Bertz CT molecular complexity index is 1150. The van der Waals surface area contributed by atoms with E-state index in [1.54, 1.807) is 16.7 Å². The molecule has 6 nitrogen and oxygen atoms in total. The molecular weight excluding hydrogens is 428 g/mol. The predicted molar refractivity (Wildman–Crippen MR) is 125 cm³/mol. The van der Waals surface area contributed by atoms with Crippen LogP contribution < -0.4 is 5.32 Å². The second kappa shape index (κ2) is 6.60. The van der Waals surface area contributed by atoms with Crippen LogP contribution in [0.2, 0.25) is 0 Å². The molecule has 3 atom stereocenters. The van der Waals surface area contributed by atoms with Gasteiger partial charge in [-0.1, -0.05) is 42.1 Å². The SMILES string of the molecule is CSc1ccc([C@@H]2CN(C)[C@]3(C(=O)Nc4ccccc43)[C@]23SC2=NCCN2C3=O)cc1. The average Bonchev–Trinajstić information content (AvgIpc) is 3.49. The number of hydrogen-bond donors (Lipinski definition) is 1. The van der Waals surface area contributed by atoms with E-state index < -0.39 is 10.3 Å². The van der Waals surface area contributed by atoms with Crippen LogP contribution >= 0.6 is 23.5 Å². The Labute approximate surface area is 189 Å². The molecule has 31 heavy (non-hydrogen) atoms. The first-order valence-electron chi connectivity index (χ1n) is 10.4. The van der Waals surface area contributed by atoms with Gasteiger partial charge in [0.05, 0.1) is 6.54 Å². The number of para-hydroxylation sites is 1. The molecule has 8 heteroatoms. The Hall–Kier alpha value is -2.29. The van der Waals surface area contributed by atoms with Crippen LogP contribution in [0.1, 0.15) is 17.0 Å². The second-order valence-corrected chi connectivity index (χ2v) is 10.5. The number of benzene rings is 2. The van der Waals surface area contributed by atoms with Gasteiger partial charge in [0, 0.05) is 35.2 Å². The zero-order valence-corrected chi connectivity index (χ0v) is 18.9. The molecule has 6 rings (SSSR count). The Morgan fingerprint density at radius 3 is 2.68 bits per heavy atom. The highest BCUT2D eigenvalue weighted by molar-refractivity contribution is 8.16. The molecule has 0 radical (unpaired) electrons. The number of rotatable bonds is 2. The van der Waals surface area contributed by atoms with Gasteiger partial charge >= 0.3 is 0 Å². The number of amidine groups is 1. The number of thioether (sulfide) groups is 2. The van der Waals surface area contributed by atoms with E-state index in [0.717, 1.165) is 22.0 Å². The van der Waals surface area contributed by atoms with Gasteiger partial charge in [-0.25, -0.2) is 0 Å². The van der Waals surface area contributed by atoms with Crippen molar-refractivity contribution in [1.82, 2.24) is 9.80 Å². The van der Waals surface area contributed by atoms with Crippen molar-refractivity contribution in [3.8, 4) is 0 Å². The minimum absolute atomic E-state index is 0.00361. The number of amides is 2. The molecule has 4 aliphatic rings. The van der Waals surface area contributed by atoms with Gasteiger partial charge in [0.25, 0.3) is 5.91 Å². The summed E-state index contributed by atoms with van der Waals surface area (Å²) in [5.41, 5.74) is 1.68. The van der Waals surface area contributed by atoms with Crippen molar-refractivity contribution in [3.63, 3.8) is 0 Å². The van der Waals surface area contributed by atoms with Crippen molar-refractivity contribution < 1.29 is 9.59 Å². The highest BCUT2D eigenvalue weighted by atomic mass is 32.2. The molecule has 2 fully saturated rings. The monoisotopic (exact) mass is 450 g/mol. The number of anilines is 1. The summed E-state index contributed by atoms with van der Waals surface area (Å²) in [6.07, 6.45) is 2.05. The largest absolute Gasteiger partial charge is 0.324 e. The van der Waals surface area contributed by atoms with Crippen LogP contribution in [0.25, 0.3) is 0 Å². The van der Waals surface area contributed by atoms with Gasteiger partial charge < -0.3 is 5.32 Å². The van der Waals surface area contributed by atoms with E-state index in [4.69, 9.17) is 0 Å². The Balaban J connectivity index is 1.62. The molecule has 4 aliphatic heterocycles. The molecule has 2 aromatic rings. The van der Waals surface area contributed by atoms with Crippen LogP contribution in [-0.2, 0) is 15.1 Å². The Kier molecular flexibility index (Phi) is 4.13. The number of aliphatic imine (C=N–C) groups is 1. The quantitative estimate of drug-likeness (QED) is 0.713. The number of fused-ring (bicyclic) bond motifs is 4. The minimum Gasteiger partial charge on any atom is -0.324 e. The molecular formula is C23H22N4O2S2. The average molecular weight is 451 g/mol. The van der Waals surface area contributed by atoms with Crippen LogP contribution in [0.5, 0.6) is 0 Å². The molecule has 2 saturated heterocycles. The molecule has 0 bridgehead atoms. The Morgan fingerprint density at radius 1 is 1.16 bits per heavy atom. The number of carbonyl (C=O) groups is 2. The summed E-state index contributed by atoms with van der Waals surface area (Å²) < 4.78 is -1.00. The fourth-order valence-corrected chi connectivity index (χ4v) is 7.97. The highest BCUT2D eigenvalue weighted by Crippen LogP contribution is 2.66. The van der Waals surface area contributed by atoms with Crippen molar-refractivity contribution in [2.45, 2.75) is 21.1 Å². The van der Waals surface area contributed by atoms with E-state index in [0.29, 0.717) is 19.6 Å². The summed E-state index contributed by atoms with van der Waals surface area (Å²) >= 11 is 3.19. The van der Waals surface area contributed by atoms with Gasteiger partial charge in [-0.15, -0.1) is 11.8 Å². The number of likely N-dealkylation sites (N-methyl/N-ethyl adjacent to an activating group) is 1. The summed E-state index contributed by atoms with van der Waals surface area (Å²) in [5.74, 6) is -0.262. The number of hydrogen-bond acceptors (Lipinski definition) is 6. The van der Waals surface area contributed by atoms with Crippen LogP contribution in [0, 0.1) is 0 Å². The summed E-state index contributed by atoms with van der Waals surface area (Å²) in [5, 5.41) is 3.83. The molecule has 0 unspecified atom stereocenters. The topological polar surface area (TPSA) is 65.0 Å². The second-order valence-electron chi connectivity index (χ2n) is 8.38. The van der Waals surface area contributed by atoms with E-state index in [2.05, 4.69) is 45.7 Å². The maximum Gasteiger partial charge on any atom is 0.251 e. The van der Waals surface area contributed by atoms with E-state index >= 15 is 0 Å². The lowest BCUT2D eigenvalue weighted by Crippen LogP contribution is -2.61. The van der Waals surface area contributed by atoms with Gasteiger partial charge in [0.1, 0.15) is 4.75 Å². The zero-order chi connectivity index (χ0) is 21.4. The van der Waals surface area contributed by atoms with Crippen molar-refractivity contribution >= 4 is 46.2 Å². The van der Waals surface area contributed by atoms with Gasteiger partial charge in [-0.3, -0.25) is 24.4 Å². The molecule has 0 aliphatic carbocycles. The van der Waals surface area contributed by atoms with Gasteiger partial charge in [-0.2, -0.15) is 0 Å². The highest BCUT2D eigenvalue weighted by Gasteiger charge is 2.78. The smallest absolute Gasteiger partial charge is 0.251 e. The van der Waals surface area contributed by atoms with E-state index in [9.17, 15) is 9.59 Å². The van der Waals surface area contributed by atoms with Gasteiger partial charge in [0.2, 0.25) is 5.91 Å². The number of likely N-dealkylation sites (tertiary alicyclic amines) is 1. The van der Waals surface area contributed by atoms with Crippen LogP contribution in [-0.4, -0.2) is 64.5 Å². The Morgan fingerprint density at radius 2 is 1.94 bits per heavy atom. The first-order valence-corrected chi connectivity index (χ1v) is 12.4. The van der Waals surface area contributed by atoms with E-state index in [-0.39, 0.29) is 17.7 Å². The zero-order valence-electron chi connectivity index (χ0n) is 17.3. The van der Waals surface area contributed by atoms with Crippen molar-refractivity contribution in [3.05, 3.63) is 59.7 Å². The maximum atomic E-state index is 14.2. The van der Waals surface area contributed by atoms with Crippen molar-refractivity contribution in [2.75, 3.05) is 38.3 Å². The standard InChI is InChI=1S/C23H22N4O2S2/c1-26-13-17(14-7-9-15(30-2)10-8-14)23(20(29)27-12-11-24-21(27)31-23)22(26)16-5-3-4-6-18(16)25-19(22)28/h3-10,17H,11-13H2,1-2H3,(H,25,28)/t17-,22+,23-/m0/s1. The fourth-order valence-electron chi connectivity index (χ4n) is 5.78. The third-order valence-corrected chi connectivity index (χ3v) is 9.44. The normalized spacial score (nSPS) is 31.5. The van der Waals surface area contributed by atoms with E-state index in [1.807, 2.05) is 31.3 Å². The number of carbonyl (C=O) groups excluding carboxylic acids is 2. The molecule has 158 valence electrons. The van der Waals surface area contributed by atoms with Crippen molar-refractivity contribution in [1.29, 1.82) is 0 Å². The van der Waals surface area contributed by atoms with Crippen LogP contribution in [0.3, 0.4) is 0 Å². The van der Waals surface area contributed by atoms with Gasteiger partial charge in [0.15, 0.2) is 10.7 Å². The van der Waals surface area contributed by atoms with Crippen LogP contribution in [0.4, 0.5) is 5.69 Å². The molecule has 2 amide bonds. The third-order valence-electron chi connectivity index (χ3n) is 7.09. The summed E-state index contributed by atoms with van der Waals surface area (Å²) in [7, 11) is 1.97. The molecule has 1 N–H and O–H groups in total. The summed E-state index contributed by atoms with van der Waals surface area (Å²) in [6, 6.07) is 16.2. The number of nitrogens with one attached hydrogen (secondary N) is 1. The number of nitrogens with zero attached hydrogens (tertiary/aromatic N) is 3. The molecule has 0 saturated carbocycles. The minimum atomic E-state index is -1.08. The van der Waals surface area contributed by atoms with Crippen LogP contribution in [0.15, 0.2) is 58.4 Å². The van der Waals surface area contributed by atoms with E-state index in [1.165, 1.54) is 16.7 Å². The van der Waals surface area contributed by atoms with Gasteiger partial charge in [-0.05, 0) is 37.1 Å². The van der Waals surface area contributed by atoms with Crippen molar-refractivity contribution in [2.24, 2.45) is 4.99 Å². The predicted octanol–water partition coefficient (Wildman–Crippen LogP) is 2.97. The summed E-state index contributed by atoms with van der Waals surface area (Å²) in [6.45, 7) is 1.83. The maximum absolute atomic E-state index is 14.2. The lowest BCUT2D eigenvalue weighted by Gasteiger charge is -2.41. The fraction of sp³-hybridized carbons (Fsp3) is 0.348. The first kappa shape index (κ1) is 19.4.